The molecule has 4 heterocycles. The second-order valence-electron chi connectivity index (χ2n) is 8.97. The van der Waals surface area contributed by atoms with Gasteiger partial charge >= 0.3 is 10.2 Å². The fourth-order valence-corrected chi connectivity index (χ4v) is 5.14. The minimum atomic E-state index is -4.10. The molecular formula is C25H26F2N8O3S. The Hall–Kier alpha value is -4.01. The Balaban J connectivity index is 1.48. The number of nitrogens with one attached hydrogen (secondary N) is 3. The number of carbonyl (C=O) groups is 1. The van der Waals surface area contributed by atoms with Gasteiger partial charge in [0.25, 0.3) is 0 Å². The van der Waals surface area contributed by atoms with Crippen LogP contribution in [0.15, 0.2) is 43.0 Å². The second kappa shape index (κ2) is 10.6. The van der Waals surface area contributed by atoms with E-state index in [0.29, 0.717) is 28.1 Å². The number of piperazine rings is 1. The molecule has 0 saturated carbocycles. The van der Waals surface area contributed by atoms with Crippen molar-refractivity contribution in [2.45, 2.75) is 6.92 Å². The lowest BCUT2D eigenvalue weighted by Gasteiger charge is -2.27. The van der Waals surface area contributed by atoms with E-state index in [-0.39, 0.29) is 12.1 Å². The summed E-state index contributed by atoms with van der Waals surface area (Å²) in [5.74, 6) is -2.80. The summed E-state index contributed by atoms with van der Waals surface area (Å²) in [5, 5.41) is 3.61. The minimum Gasteiger partial charge on any atom is -0.345 e. The maximum atomic E-state index is 15.4. The van der Waals surface area contributed by atoms with Crippen LogP contribution in [0.5, 0.6) is 0 Å². The molecule has 14 heteroatoms. The van der Waals surface area contributed by atoms with Crippen LogP contribution in [0.3, 0.4) is 0 Å². The van der Waals surface area contributed by atoms with Gasteiger partial charge in [0.15, 0.2) is 5.82 Å². The summed E-state index contributed by atoms with van der Waals surface area (Å²) < 4.78 is 57.9. The van der Waals surface area contributed by atoms with Crippen molar-refractivity contribution >= 4 is 38.7 Å². The van der Waals surface area contributed by atoms with Crippen molar-refractivity contribution in [1.29, 1.82) is 0 Å². The first-order valence-electron chi connectivity index (χ1n) is 12.2. The number of rotatable bonds is 8. The van der Waals surface area contributed by atoms with Crippen LogP contribution >= 0.6 is 0 Å². The number of nitrogens with zero attached hydrogens (tertiary/aromatic N) is 5. The molecule has 5 rings (SSSR count). The van der Waals surface area contributed by atoms with Crippen molar-refractivity contribution in [1.82, 2.24) is 29.6 Å². The Kier molecular flexibility index (Phi) is 7.25. The Morgan fingerprint density at radius 3 is 2.49 bits per heavy atom. The fraction of sp³-hybridized carbons (Fsp3) is 0.280. The van der Waals surface area contributed by atoms with Gasteiger partial charge in [0.05, 0.1) is 11.3 Å². The summed E-state index contributed by atoms with van der Waals surface area (Å²) in [6, 6.07) is 3.44. The number of H-pyrrole nitrogens is 1. The van der Waals surface area contributed by atoms with Gasteiger partial charge in [0.2, 0.25) is 11.7 Å². The van der Waals surface area contributed by atoms with Gasteiger partial charge < -0.3 is 15.2 Å². The smallest absolute Gasteiger partial charge is 0.301 e. The van der Waals surface area contributed by atoms with Crippen LogP contribution in [-0.4, -0.2) is 78.2 Å². The van der Waals surface area contributed by atoms with Crippen LogP contribution in [0.1, 0.15) is 22.8 Å². The van der Waals surface area contributed by atoms with E-state index in [2.05, 4.69) is 34.9 Å². The highest BCUT2D eigenvalue weighted by molar-refractivity contribution is 7.90. The normalized spacial score (nSPS) is 14.2. The standard InChI is InChI=1S/C25H26F2N8O3S/c1-3-34(2)39(37,38)33-20-5-4-19(26)21(22(20)27)23(36)18-14-30-24-17(18)10-15(11-29-24)16-12-31-25(32-13-16)35-8-6-28-7-9-35/h4-5,10-14,28,33H,3,6-9H2,1-2H3,(H,29,30). The van der Waals surface area contributed by atoms with E-state index in [1.54, 1.807) is 31.6 Å². The molecule has 39 heavy (non-hydrogen) atoms. The van der Waals surface area contributed by atoms with Gasteiger partial charge in [-0.05, 0) is 18.2 Å². The van der Waals surface area contributed by atoms with Crippen LogP contribution < -0.4 is 14.9 Å². The molecule has 4 aromatic rings. The molecule has 204 valence electrons. The summed E-state index contributed by atoms with van der Waals surface area (Å²) >= 11 is 0. The van der Waals surface area contributed by atoms with E-state index >= 15 is 4.39 Å². The predicted octanol–water partition coefficient (Wildman–Crippen LogP) is 2.55. The van der Waals surface area contributed by atoms with Crippen molar-refractivity contribution in [2.24, 2.45) is 0 Å². The summed E-state index contributed by atoms with van der Waals surface area (Å²) in [6.07, 6.45) is 6.21. The average molecular weight is 557 g/mol. The molecule has 1 fully saturated rings. The highest BCUT2D eigenvalue weighted by Gasteiger charge is 2.27. The molecule has 1 aliphatic rings. The van der Waals surface area contributed by atoms with Crippen LogP contribution in [0.4, 0.5) is 20.4 Å². The zero-order valence-corrected chi connectivity index (χ0v) is 22.0. The highest BCUT2D eigenvalue weighted by atomic mass is 32.2. The number of anilines is 2. The lowest BCUT2D eigenvalue weighted by Crippen LogP contribution is -2.44. The van der Waals surface area contributed by atoms with E-state index < -0.39 is 38.9 Å². The Labute approximate surface area is 223 Å². The molecule has 0 spiro atoms. The van der Waals surface area contributed by atoms with E-state index in [4.69, 9.17) is 0 Å². The third-order valence-corrected chi connectivity index (χ3v) is 8.12. The molecule has 0 radical (unpaired) electrons. The number of aromatic nitrogens is 4. The minimum absolute atomic E-state index is 0.0267. The molecule has 0 unspecified atom stereocenters. The van der Waals surface area contributed by atoms with Crippen molar-refractivity contribution in [2.75, 3.05) is 49.4 Å². The zero-order valence-electron chi connectivity index (χ0n) is 21.2. The van der Waals surface area contributed by atoms with Gasteiger partial charge in [-0.15, -0.1) is 0 Å². The van der Waals surface area contributed by atoms with Crippen molar-refractivity contribution in [3.05, 3.63) is 65.7 Å². The first-order valence-corrected chi connectivity index (χ1v) is 13.7. The number of hydrogen-bond acceptors (Lipinski definition) is 8. The molecule has 1 aliphatic heterocycles. The van der Waals surface area contributed by atoms with Crippen molar-refractivity contribution in [3.63, 3.8) is 0 Å². The van der Waals surface area contributed by atoms with Gasteiger partial charge in [-0.25, -0.2) is 23.7 Å². The molecule has 1 saturated heterocycles. The predicted molar refractivity (Wildman–Crippen MR) is 143 cm³/mol. The molecule has 0 atom stereocenters. The van der Waals surface area contributed by atoms with Crippen LogP contribution in [0.2, 0.25) is 0 Å². The molecule has 1 aromatic carbocycles. The summed E-state index contributed by atoms with van der Waals surface area (Å²) in [6.45, 7) is 5.02. The molecule has 3 N–H and O–H groups in total. The summed E-state index contributed by atoms with van der Waals surface area (Å²) in [7, 11) is -2.80. The first-order chi connectivity index (χ1) is 18.7. The van der Waals surface area contributed by atoms with Crippen LogP contribution in [0.25, 0.3) is 22.2 Å². The Morgan fingerprint density at radius 2 is 1.79 bits per heavy atom. The Bertz CT molecular complexity index is 1640. The SMILES string of the molecule is CCN(C)S(=O)(=O)Nc1ccc(F)c(C(=O)c2c[nH]c3ncc(-c4cnc(N5CCNCC5)nc4)cc23)c1F. The number of benzene rings is 1. The fourth-order valence-electron chi connectivity index (χ4n) is 4.21. The second-order valence-corrected chi connectivity index (χ2v) is 10.7. The maximum Gasteiger partial charge on any atom is 0.301 e. The molecule has 11 nitrogen and oxygen atoms in total. The quantitative estimate of drug-likeness (QED) is 0.282. The number of halogens is 2. The van der Waals surface area contributed by atoms with Crippen molar-refractivity contribution in [3.8, 4) is 11.1 Å². The molecular weight excluding hydrogens is 530 g/mol. The maximum absolute atomic E-state index is 15.4. The van der Waals surface area contributed by atoms with Gasteiger partial charge in [0, 0.05) is 86.6 Å². The lowest BCUT2D eigenvalue weighted by molar-refractivity contribution is 0.103. The lowest BCUT2D eigenvalue weighted by atomic mass is 10.0. The summed E-state index contributed by atoms with van der Waals surface area (Å²) in [4.78, 5) is 31.6. The van der Waals surface area contributed by atoms with E-state index in [1.807, 2.05) is 0 Å². The summed E-state index contributed by atoms with van der Waals surface area (Å²) in [5.41, 5.74) is 0.137. The van der Waals surface area contributed by atoms with Crippen molar-refractivity contribution < 1.29 is 22.0 Å². The zero-order chi connectivity index (χ0) is 27.7. The topological polar surface area (TPSA) is 136 Å². The molecule has 0 aliphatic carbocycles. The van der Waals surface area contributed by atoms with E-state index in [1.165, 1.54) is 13.2 Å². The third kappa shape index (κ3) is 5.17. The van der Waals surface area contributed by atoms with Gasteiger partial charge in [-0.2, -0.15) is 12.7 Å². The number of hydrogen-bond donors (Lipinski definition) is 3. The molecule has 3 aromatic heterocycles. The van der Waals surface area contributed by atoms with Crippen LogP contribution in [0, 0.1) is 11.6 Å². The average Bonchev–Trinajstić information content (AvgIpc) is 3.38. The van der Waals surface area contributed by atoms with Crippen LogP contribution in [-0.2, 0) is 10.2 Å². The van der Waals surface area contributed by atoms with E-state index in [9.17, 15) is 17.6 Å². The van der Waals surface area contributed by atoms with Gasteiger partial charge in [-0.1, -0.05) is 6.92 Å². The monoisotopic (exact) mass is 556 g/mol. The number of carbonyl (C=O) groups excluding carboxylic acids is 1. The van der Waals surface area contributed by atoms with Gasteiger partial charge in [0.1, 0.15) is 11.5 Å². The number of pyridine rings is 1. The molecule has 0 bridgehead atoms. The van der Waals surface area contributed by atoms with Gasteiger partial charge in [-0.3, -0.25) is 9.52 Å². The van der Waals surface area contributed by atoms with E-state index in [0.717, 1.165) is 42.6 Å². The molecule has 0 amide bonds. The number of aromatic amines is 1. The number of fused-ring (bicyclic) bond motifs is 1. The Morgan fingerprint density at radius 1 is 1.10 bits per heavy atom. The number of ketones is 1. The highest BCUT2D eigenvalue weighted by Crippen LogP contribution is 2.29. The largest absolute Gasteiger partial charge is 0.345 e. The third-order valence-electron chi connectivity index (χ3n) is 6.56. The first kappa shape index (κ1) is 26.6.